The third-order valence-corrected chi connectivity index (χ3v) is 5.49. The molecule has 1 amide bonds. The summed E-state index contributed by atoms with van der Waals surface area (Å²) >= 11 is 0. The van der Waals surface area contributed by atoms with E-state index >= 15 is 0 Å². The third-order valence-electron chi connectivity index (χ3n) is 3.66. The van der Waals surface area contributed by atoms with Gasteiger partial charge in [0.05, 0.1) is 0 Å². The van der Waals surface area contributed by atoms with Gasteiger partial charge >= 0.3 is 0 Å². The van der Waals surface area contributed by atoms with Crippen LogP contribution < -0.4 is 11.1 Å². The van der Waals surface area contributed by atoms with Crippen molar-refractivity contribution in [3.63, 3.8) is 0 Å². The zero-order valence-corrected chi connectivity index (χ0v) is 13.7. The molecule has 0 aromatic carbocycles. The summed E-state index contributed by atoms with van der Waals surface area (Å²) in [4.78, 5) is 11.8. The van der Waals surface area contributed by atoms with Crippen LogP contribution >= 0.6 is 12.4 Å². The lowest BCUT2D eigenvalue weighted by atomic mass is 10.1. The van der Waals surface area contributed by atoms with E-state index in [0.29, 0.717) is 25.3 Å². The lowest BCUT2D eigenvalue weighted by molar-refractivity contribution is 0.0955. The second-order valence-corrected chi connectivity index (χ2v) is 6.94. The number of amides is 1. The SMILES string of the molecule is CNC(=O)c1cc(S(=O)(=O)N2CCC(CN)C2)cn1C.Cl. The molecule has 0 radical (unpaired) electrons. The molecule has 0 saturated carbocycles. The molecule has 1 aromatic rings. The van der Waals surface area contributed by atoms with Gasteiger partial charge in [0.25, 0.3) is 5.91 Å². The molecule has 1 unspecified atom stereocenters. The van der Waals surface area contributed by atoms with Crippen LogP contribution in [0.4, 0.5) is 0 Å². The van der Waals surface area contributed by atoms with E-state index in [1.165, 1.54) is 28.2 Å². The molecule has 1 aliphatic rings. The maximum Gasteiger partial charge on any atom is 0.267 e. The molecule has 1 aromatic heterocycles. The Morgan fingerprint density at radius 1 is 1.52 bits per heavy atom. The Morgan fingerprint density at radius 3 is 2.71 bits per heavy atom. The molecule has 3 N–H and O–H groups in total. The number of hydrogen-bond donors (Lipinski definition) is 2. The van der Waals surface area contributed by atoms with Crippen LogP contribution in [0.1, 0.15) is 16.9 Å². The number of hydrogen-bond acceptors (Lipinski definition) is 4. The van der Waals surface area contributed by atoms with Crippen molar-refractivity contribution in [3.8, 4) is 0 Å². The van der Waals surface area contributed by atoms with Crippen LogP contribution in [-0.4, -0.2) is 49.9 Å². The van der Waals surface area contributed by atoms with Gasteiger partial charge in [-0.2, -0.15) is 4.31 Å². The van der Waals surface area contributed by atoms with Crippen molar-refractivity contribution in [3.05, 3.63) is 18.0 Å². The Morgan fingerprint density at radius 2 is 2.19 bits per heavy atom. The van der Waals surface area contributed by atoms with Gasteiger partial charge in [0.1, 0.15) is 10.6 Å². The molecule has 1 fully saturated rings. The highest BCUT2D eigenvalue weighted by Gasteiger charge is 2.33. The van der Waals surface area contributed by atoms with Crippen molar-refractivity contribution in [2.45, 2.75) is 11.3 Å². The first kappa shape index (κ1) is 18.0. The summed E-state index contributed by atoms with van der Waals surface area (Å²) < 4.78 is 28.0. The van der Waals surface area contributed by atoms with Gasteiger partial charge < -0.3 is 15.6 Å². The Bertz CT molecular complexity index is 614. The lowest BCUT2D eigenvalue weighted by Crippen LogP contribution is -2.29. The summed E-state index contributed by atoms with van der Waals surface area (Å²) in [5.41, 5.74) is 5.91. The fraction of sp³-hybridized carbons (Fsp3) is 0.583. The molecule has 7 nitrogen and oxygen atoms in total. The Hall–Kier alpha value is -1.09. The number of aromatic nitrogens is 1. The maximum atomic E-state index is 12.5. The number of nitrogens with two attached hydrogens (primary N) is 1. The van der Waals surface area contributed by atoms with E-state index in [4.69, 9.17) is 5.73 Å². The molecule has 1 atom stereocenters. The zero-order chi connectivity index (χ0) is 14.9. The van der Waals surface area contributed by atoms with E-state index in [1.54, 1.807) is 7.05 Å². The van der Waals surface area contributed by atoms with Crippen LogP contribution in [0, 0.1) is 5.92 Å². The number of sulfonamides is 1. The number of nitrogens with one attached hydrogen (secondary N) is 1. The number of halogens is 1. The highest BCUT2D eigenvalue weighted by molar-refractivity contribution is 7.89. The van der Waals surface area contributed by atoms with Gasteiger partial charge in [-0.25, -0.2) is 8.42 Å². The number of nitrogens with zero attached hydrogens (tertiary/aromatic N) is 2. The van der Waals surface area contributed by atoms with Gasteiger partial charge in [-0.15, -0.1) is 12.4 Å². The number of carbonyl (C=O) groups excluding carboxylic acids is 1. The van der Waals surface area contributed by atoms with E-state index in [-0.39, 0.29) is 29.1 Å². The molecule has 2 heterocycles. The minimum absolute atomic E-state index is 0. The first-order valence-electron chi connectivity index (χ1n) is 6.48. The second kappa shape index (κ2) is 6.78. The summed E-state index contributed by atoms with van der Waals surface area (Å²) in [7, 11) is -0.389. The van der Waals surface area contributed by atoms with Crippen molar-refractivity contribution in [2.75, 3.05) is 26.7 Å². The molecule has 0 bridgehead atoms. The average Bonchev–Trinajstić information content (AvgIpc) is 3.04. The Kier molecular flexibility index (Phi) is 5.80. The summed E-state index contributed by atoms with van der Waals surface area (Å²) in [6.07, 6.45) is 2.25. The molecule has 2 rings (SSSR count). The Balaban J connectivity index is 0.00000220. The summed E-state index contributed by atoms with van der Waals surface area (Å²) in [6.45, 7) is 1.42. The fourth-order valence-corrected chi connectivity index (χ4v) is 3.99. The molecule has 1 saturated heterocycles. The van der Waals surface area contributed by atoms with Crippen LogP contribution in [0.15, 0.2) is 17.2 Å². The number of rotatable bonds is 4. The summed E-state index contributed by atoms with van der Waals surface area (Å²) in [6, 6.07) is 1.41. The quantitative estimate of drug-likeness (QED) is 0.794. The van der Waals surface area contributed by atoms with E-state index < -0.39 is 10.0 Å². The monoisotopic (exact) mass is 336 g/mol. The van der Waals surface area contributed by atoms with Crippen LogP contribution in [0.3, 0.4) is 0 Å². The first-order chi connectivity index (χ1) is 9.40. The topological polar surface area (TPSA) is 97.4 Å². The van der Waals surface area contributed by atoms with Gasteiger partial charge in [-0.05, 0) is 24.9 Å². The minimum Gasteiger partial charge on any atom is -0.354 e. The second-order valence-electron chi connectivity index (χ2n) is 5.00. The molecular weight excluding hydrogens is 316 g/mol. The van der Waals surface area contributed by atoms with Crippen LogP contribution in [0.25, 0.3) is 0 Å². The predicted molar refractivity (Wildman–Crippen MR) is 82.0 cm³/mol. The van der Waals surface area contributed by atoms with Crippen LogP contribution in [0.5, 0.6) is 0 Å². The van der Waals surface area contributed by atoms with Crippen molar-refractivity contribution in [2.24, 2.45) is 18.7 Å². The normalized spacial score (nSPS) is 19.3. The maximum absolute atomic E-state index is 12.5. The van der Waals surface area contributed by atoms with Gasteiger partial charge in [0, 0.05) is 33.4 Å². The first-order valence-corrected chi connectivity index (χ1v) is 7.92. The highest BCUT2D eigenvalue weighted by Crippen LogP contribution is 2.24. The highest BCUT2D eigenvalue weighted by atomic mass is 35.5. The molecule has 0 spiro atoms. The van der Waals surface area contributed by atoms with Crippen LogP contribution in [-0.2, 0) is 17.1 Å². The lowest BCUT2D eigenvalue weighted by Gasteiger charge is -2.15. The largest absolute Gasteiger partial charge is 0.354 e. The molecule has 9 heteroatoms. The van der Waals surface area contributed by atoms with Crippen molar-refractivity contribution >= 4 is 28.3 Å². The van der Waals surface area contributed by atoms with Gasteiger partial charge in [-0.3, -0.25) is 4.79 Å². The number of aryl methyl sites for hydroxylation is 1. The van der Waals surface area contributed by atoms with Crippen molar-refractivity contribution in [1.82, 2.24) is 14.2 Å². The molecule has 1 aliphatic heterocycles. The fourth-order valence-electron chi connectivity index (χ4n) is 2.39. The van der Waals surface area contributed by atoms with Crippen molar-refractivity contribution < 1.29 is 13.2 Å². The predicted octanol–water partition coefficient (Wildman–Crippen LogP) is -0.224. The molecule has 0 aliphatic carbocycles. The smallest absolute Gasteiger partial charge is 0.267 e. The van der Waals surface area contributed by atoms with Crippen molar-refractivity contribution in [1.29, 1.82) is 0 Å². The molecule has 21 heavy (non-hydrogen) atoms. The van der Waals surface area contributed by atoms with Gasteiger partial charge in [-0.1, -0.05) is 0 Å². The average molecular weight is 337 g/mol. The molecular formula is C12H21ClN4O3S. The van der Waals surface area contributed by atoms with E-state index in [2.05, 4.69) is 5.32 Å². The van der Waals surface area contributed by atoms with E-state index in [0.717, 1.165) is 6.42 Å². The van der Waals surface area contributed by atoms with Crippen LogP contribution in [0.2, 0.25) is 0 Å². The molecule has 120 valence electrons. The standard InChI is InChI=1S/C12H20N4O3S.ClH/c1-14-12(17)11-5-10(8-15(11)2)20(18,19)16-4-3-9(6-13)7-16;/h5,8-9H,3-4,6-7,13H2,1-2H3,(H,14,17);1H. The van der Waals surface area contributed by atoms with E-state index in [9.17, 15) is 13.2 Å². The van der Waals surface area contributed by atoms with E-state index in [1.807, 2.05) is 0 Å². The number of carbonyl (C=O) groups is 1. The summed E-state index contributed by atoms with van der Waals surface area (Å²) in [5, 5.41) is 2.49. The minimum atomic E-state index is -3.55. The van der Waals surface area contributed by atoms with Gasteiger partial charge in [0.15, 0.2) is 0 Å². The third kappa shape index (κ3) is 3.39. The summed E-state index contributed by atoms with van der Waals surface area (Å²) in [5.74, 6) is -0.0953. The Labute approximate surface area is 130 Å². The zero-order valence-electron chi connectivity index (χ0n) is 12.1. The van der Waals surface area contributed by atoms with Gasteiger partial charge in [0.2, 0.25) is 10.0 Å².